The zero-order chi connectivity index (χ0) is 19.1. The summed E-state index contributed by atoms with van der Waals surface area (Å²) in [6.45, 7) is -0.0666. The summed E-state index contributed by atoms with van der Waals surface area (Å²) >= 11 is 12.6. The van der Waals surface area contributed by atoms with Crippen LogP contribution in [0.15, 0.2) is 44.6 Å². The standard InChI is InChI=1S/C16H9Cl2N5O3S/c17-12-8(5-19-14(18)13(12)24)6-23-15(25)11(27-16(23)26)4-7-1-2-9-10(3-7)21-22-20-9/h1-5,24-25H,6H2/b7-4+. The van der Waals surface area contributed by atoms with Crippen molar-refractivity contribution in [3.63, 3.8) is 0 Å². The summed E-state index contributed by atoms with van der Waals surface area (Å²) < 4.78 is 1.13. The lowest BCUT2D eigenvalue weighted by molar-refractivity contribution is 0.419. The Bertz CT molecular complexity index is 1280. The van der Waals surface area contributed by atoms with E-state index in [1.165, 1.54) is 6.20 Å². The number of fused-ring (bicyclic) bond motifs is 1. The minimum atomic E-state index is -0.389. The fraction of sp³-hybridized carbons (Fsp3) is 0.0625. The highest BCUT2D eigenvalue weighted by molar-refractivity contribution is 7.10. The second kappa shape index (κ2) is 6.76. The number of halogens is 2. The van der Waals surface area contributed by atoms with Gasteiger partial charge in [0.15, 0.2) is 10.9 Å². The van der Waals surface area contributed by atoms with Gasteiger partial charge in [-0.1, -0.05) is 40.6 Å². The van der Waals surface area contributed by atoms with E-state index in [2.05, 4.69) is 20.4 Å². The predicted molar refractivity (Wildman–Crippen MR) is 101 cm³/mol. The van der Waals surface area contributed by atoms with E-state index >= 15 is 0 Å². The molecule has 0 bridgehead atoms. The summed E-state index contributed by atoms with van der Waals surface area (Å²) in [5.41, 5.74) is 0.962. The van der Waals surface area contributed by atoms with Crippen LogP contribution in [0.2, 0.25) is 10.2 Å². The average Bonchev–Trinajstić information content (AvgIpc) is 3.21. The Balaban J connectivity index is 1.74. The van der Waals surface area contributed by atoms with Crippen LogP contribution in [0.1, 0.15) is 10.4 Å². The SMILES string of the molecule is O=c1sc(/C=c2\ccc3c(c2)N=NN=3)c(O)n1Cc1cnc(Cl)c(O)c1Cl. The molecule has 0 spiro atoms. The molecule has 0 saturated heterocycles. The molecule has 0 unspecified atom stereocenters. The Hall–Kier alpha value is -2.75. The lowest BCUT2D eigenvalue weighted by Gasteiger charge is -2.07. The van der Waals surface area contributed by atoms with Crippen LogP contribution in [0.5, 0.6) is 11.6 Å². The molecule has 0 aliphatic carbocycles. The molecule has 0 saturated carbocycles. The minimum absolute atomic E-state index is 0.0224. The first-order valence-corrected chi connectivity index (χ1v) is 9.06. The summed E-state index contributed by atoms with van der Waals surface area (Å²) in [6, 6.07) is 5.28. The van der Waals surface area contributed by atoms with Gasteiger partial charge in [-0.15, -0.1) is 10.2 Å². The number of rotatable bonds is 3. The molecule has 0 fully saturated rings. The lowest BCUT2D eigenvalue weighted by atomic mass is 10.2. The van der Waals surface area contributed by atoms with Crippen molar-refractivity contribution in [3.05, 3.63) is 65.3 Å². The van der Waals surface area contributed by atoms with Crippen LogP contribution < -0.4 is 15.4 Å². The maximum atomic E-state index is 12.3. The van der Waals surface area contributed by atoms with Gasteiger partial charge in [0, 0.05) is 11.8 Å². The number of aromatic hydroxyl groups is 2. The van der Waals surface area contributed by atoms with Crippen LogP contribution in [0.25, 0.3) is 6.08 Å². The van der Waals surface area contributed by atoms with Gasteiger partial charge in [-0.05, 0) is 28.7 Å². The van der Waals surface area contributed by atoms with E-state index in [1.54, 1.807) is 24.3 Å². The van der Waals surface area contributed by atoms with Crippen LogP contribution in [-0.4, -0.2) is 19.8 Å². The number of hydrogen-bond acceptors (Lipinski definition) is 8. The van der Waals surface area contributed by atoms with Gasteiger partial charge in [0.25, 0.3) is 0 Å². The van der Waals surface area contributed by atoms with Crippen molar-refractivity contribution in [2.45, 2.75) is 6.54 Å². The van der Waals surface area contributed by atoms with Gasteiger partial charge in [-0.2, -0.15) is 0 Å². The summed E-state index contributed by atoms with van der Waals surface area (Å²) in [7, 11) is 0. The number of nitrogens with zero attached hydrogens (tertiary/aromatic N) is 5. The number of aromatic nitrogens is 2. The molecule has 3 aromatic rings. The molecule has 0 radical (unpaired) electrons. The van der Waals surface area contributed by atoms with Crippen molar-refractivity contribution in [3.8, 4) is 11.6 Å². The number of thiazole rings is 1. The van der Waals surface area contributed by atoms with Crippen LogP contribution in [0, 0.1) is 0 Å². The Kier molecular flexibility index (Phi) is 4.42. The molecule has 4 rings (SSSR count). The third kappa shape index (κ3) is 3.20. The first-order chi connectivity index (χ1) is 12.9. The maximum Gasteiger partial charge on any atom is 0.310 e. The van der Waals surface area contributed by atoms with Crippen molar-refractivity contribution in [1.82, 2.24) is 9.55 Å². The highest BCUT2D eigenvalue weighted by Gasteiger charge is 2.17. The van der Waals surface area contributed by atoms with Crippen LogP contribution in [-0.2, 0) is 6.54 Å². The lowest BCUT2D eigenvalue weighted by Crippen LogP contribution is -2.13. The van der Waals surface area contributed by atoms with Crippen molar-refractivity contribution in [2.24, 2.45) is 15.4 Å². The summed E-state index contributed by atoms with van der Waals surface area (Å²) in [5.74, 6) is -0.592. The van der Waals surface area contributed by atoms with Crippen molar-refractivity contribution < 1.29 is 10.2 Å². The number of pyridine rings is 1. The maximum absolute atomic E-state index is 12.3. The van der Waals surface area contributed by atoms with Gasteiger partial charge in [-0.25, -0.2) is 4.98 Å². The fourth-order valence-corrected chi connectivity index (χ4v) is 3.72. The van der Waals surface area contributed by atoms with Gasteiger partial charge < -0.3 is 10.2 Å². The second-order valence-corrected chi connectivity index (χ2v) is 7.29. The Morgan fingerprint density at radius 1 is 1.26 bits per heavy atom. The fourth-order valence-electron chi connectivity index (χ4n) is 2.49. The molecule has 0 amide bonds. The second-order valence-electron chi connectivity index (χ2n) is 5.56. The van der Waals surface area contributed by atoms with Gasteiger partial charge in [0.05, 0.1) is 16.4 Å². The van der Waals surface area contributed by atoms with Crippen LogP contribution in [0.3, 0.4) is 0 Å². The summed E-state index contributed by atoms with van der Waals surface area (Å²) in [4.78, 5) is 16.1. The van der Waals surface area contributed by atoms with Gasteiger partial charge in [0.1, 0.15) is 11.0 Å². The van der Waals surface area contributed by atoms with Gasteiger partial charge >= 0.3 is 4.87 Å². The van der Waals surface area contributed by atoms with E-state index in [0.29, 0.717) is 21.5 Å². The molecular formula is C16H9Cl2N5O3S. The van der Waals surface area contributed by atoms with E-state index < -0.39 is 0 Å². The quantitative estimate of drug-likeness (QED) is 0.632. The van der Waals surface area contributed by atoms with Crippen molar-refractivity contribution in [2.75, 3.05) is 0 Å². The molecular weight excluding hydrogens is 413 g/mol. The predicted octanol–water partition coefficient (Wildman–Crippen LogP) is 2.53. The smallest absolute Gasteiger partial charge is 0.310 e. The van der Waals surface area contributed by atoms with E-state index in [4.69, 9.17) is 23.2 Å². The Morgan fingerprint density at radius 3 is 2.89 bits per heavy atom. The van der Waals surface area contributed by atoms with Crippen LogP contribution in [0.4, 0.5) is 5.69 Å². The molecule has 136 valence electrons. The van der Waals surface area contributed by atoms with Crippen molar-refractivity contribution >= 4 is 46.3 Å². The van der Waals surface area contributed by atoms with Crippen LogP contribution >= 0.6 is 34.5 Å². The van der Waals surface area contributed by atoms with E-state index in [0.717, 1.165) is 21.1 Å². The zero-order valence-corrected chi connectivity index (χ0v) is 15.6. The van der Waals surface area contributed by atoms with Crippen molar-refractivity contribution in [1.29, 1.82) is 0 Å². The monoisotopic (exact) mass is 421 g/mol. The minimum Gasteiger partial charge on any atom is -0.504 e. The highest BCUT2D eigenvalue weighted by atomic mass is 35.5. The molecule has 1 aromatic carbocycles. The summed E-state index contributed by atoms with van der Waals surface area (Å²) in [5, 5.41) is 32.8. The Labute approximate surface area is 165 Å². The third-order valence-electron chi connectivity index (χ3n) is 3.84. The van der Waals surface area contributed by atoms with Gasteiger partial charge in [0.2, 0.25) is 5.88 Å². The van der Waals surface area contributed by atoms with Gasteiger partial charge in [-0.3, -0.25) is 9.36 Å². The highest BCUT2D eigenvalue weighted by Crippen LogP contribution is 2.33. The first-order valence-electron chi connectivity index (χ1n) is 7.49. The average molecular weight is 422 g/mol. The Morgan fingerprint density at radius 2 is 2.07 bits per heavy atom. The molecule has 2 N–H and O–H groups in total. The summed E-state index contributed by atoms with van der Waals surface area (Å²) in [6.07, 6.45) is 3.00. The van der Waals surface area contributed by atoms with E-state index in [-0.39, 0.29) is 33.2 Å². The molecule has 0 atom stereocenters. The molecule has 3 heterocycles. The molecule has 1 aliphatic rings. The number of benzene rings is 1. The molecule has 11 heteroatoms. The molecule has 1 aliphatic heterocycles. The number of hydrogen-bond donors (Lipinski definition) is 2. The molecule has 27 heavy (non-hydrogen) atoms. The molecule has 2 aromatic heterocycles. The normalized spacial score (nSPS) is 13.0. The van der Waals surface area contributed by atoms with E-state index in [1.807, 2.05) is 0 Å². The third-order valence-corrected chi connectivity index (χ3v) is 5.46. The molecule has 8 nitrogen and oxygen atoms in total. The van der Waals surface area contributed by atoms with E-state index in [9.17, 15) is 15.0 Å². The topological polar surface area (TPSA) is 112 Å². The zero-order valence-electron chi connectivity index (χ0n) is 13.3. The largest absolute Gasteiger partial charge is 0.504 e. The first kappa shape index (κ1) is 17.7.